The van der Waals surface area contributed by atoms with Crippen molar-refractivity contribution in [3.8, 4) is 23.0 Å². The summed E-state index contributed by atoms with van der Waals surface area (Å²) < 4.78 is 13.7. The van der Waals surface area contributed by atoms with Crippen molar-refractivity contribution in [2.24, 2.45) is 0 Å². The molecule has 6 aromatic carbocycles. The lowest BCUT2D eigenvalue weighted by Crippen LogP contribution is -2.56. The fourth-order valence-corrected chi connectivity index (χ4v) is 7.70. The zero-order valence-electron chi connectivity index (χ0n) is 22.5. The molecule has 6 aromatic rings. The summed E-state index contributed by atoms with van der Waals surface area (Å²) in [6, 6.07) is 50.9. The van der Waals surface area contributed by atoms with Crippen LogP contribution in [0.4, 0.5) is 22.7 Å². The largest absolute Gasteiger partial charge is 0.455 e. The minimum atomic E-state index is -0.945. The van der Waals surface area contributed by atoms with Gasteiger partial charge in [-0.3, -0.25) is 0 Å². The van der Waals surface area contributed by atoms with Crippen molar-refractivity contribution in [1.82, 2.24) is 0 Å². The predicted molar refractivity (Wildman–Crippen MR) is 168 cm³/mol. The monoisotopic (exact) mass is 560 g/mol. The molecule has 0 fully saturated rings. The Bertz CT molecular complexity index is 1880. The lowest BCUT2D eigenvalue weighted by Gasteiger charge is -2.53. The number of hydrogen-bond donors (Lipinski definition) is 0. The highest BCUT2D eigenvalue weighted by Gasteiger charge is 2.56. The quantitative estimate of drug-likeness (QED) is 0.184. The van der Waals surface area contributed by atoms with E-state index >= 15 is 0 Å². The maximum Gasteiger partial charge on any atom is 0.182 e. The zero-order valence-corrected chi connectivity index (χ0v) is 23.3. The minimum absolute atomic E-state index is 0.798. The van der Waals surface area contributed by atoms with Crippen LogP contribution in [0.25, 0.3) is 0 Å². The molecule has 0 aliphatic carbocycles. The summed E-state index contributed by atoms with van der Waals surface area (Å²) >= 11 is 1.79. The van der Waals surface area contributed by atoms with E-state index in [0.717, 1.165) is 66.7 Å². The SMILES string of the molecule is c1ccc2c(c1)Oc1ccccc1C13c4ccccc4Oc4ccccc4N1c1ccccc1Sc1ccccc1N23. The molecule has 3 aliphatic heterocycles. The highest BCUT2D eigenvalue weighted by atomic mass is 32.2. The molecule has 4 nitrogen and oxygen atoms in total. The first kappa shape index (κ1) is 23.6. The molecular weight excluding hydrogens is 536 g/mol. The van der Waals surface area contributed by atoms with Crippen molar-refractivity contribution in [1.29, 1.82) is 0 Å². The highest BCUT2D eigenvalue weighted by molar-refractivity contribution is 7.99. The molecule has 9 rings (SSSR count). The van der Waals surface area contributed by atoms with Crippen LogP contribution in [0.2, 0.25) is 0 Å². The lowest BCUT2D eigenvalue weighted by atomic mass is 9.84. The number of anilines is 4. The van der Waals surface area contributed by atoms with E-state index in [4.69, 9.17) is 9.47 Å². The number of hydrogen-bond acceptors (Lipinski definition) is 5. The van der Waals surface area contributed by atoms with E-state index in [1.807, 2.05) is 24.3 Å². The first-order valence-electron chi connectivity index (χ1n) is 14.0. The van der Waals surface area contributed by atoms with Crippen LogP contribution in [0.1, 0.15) is 11.1 Å². The Balaban J connectivity index is 1.58. The summed E-state index contributed by atoms with van der Waals surface area (Å²) in [6.07, 6.45) is 0. The van der Waals surface area contributed by atoms with E-state index in [0.29, 0.717) is 0 Å². The fourth-order valence-electron chi connectivity index (χ4n) is 6.64. The Morgan fingerprint density at radius 3 is 1.21 bits per heavy atom. The number of para-hydroxylation sites is 8. The van der Waals surface area contributed by atoms with Crippen molar-refractivity contribution >= 4 is 34.5 Å². The van der Waals surface area contributed by atoms with Crippen LogP contribution in [0, 0.1) is 0 Å². The van der Waals surface area contributed by atoms with Crippen LogP contribution in [0.5, 0.6) is 23.0 Å². The first-order valence-corrected chi connectivity index (χ1v) is 14.8. The summed E-state index contributed by atoms with van der Waals surface area (Å²) in [5.74, 6) is 3.20. The van der Waals surface area contributed by atoms with Gasteiger partial charge in [0.1, 0.15) is 11.5 Å². The van der Waals surface area contributed by atoms with Gasteiger partial charge >= 0.3 is 0 Å². The molecule has 0 radical (unpaired) electrons. The van der Waals surface area contributed by atoms with Crippen LogP contribution >= 0.6 is 11.8 Å². The van der Waals surface area contributed by atoms with Gasteiger partial charge in [0.05, 0.1) is 22.7 Å². The highest BCUT2D eigenvalue weighted by Crippen LogP contribution is 2.64. The number of ether oxygens (including phenoxy) is 2. The number of benzene rings is 6. The van der Waals surface area contributed by atoms with Gasteiger partial charge in [-0.2, -0.15) is 0 Å². The van der Waals surface area contributed by atoms with E-state index in [-0.39, 0.29) is 0 Å². The average Bonchev–Trinajstić information content (AvgIpc) is 3.24. The second-order valence-electron chi connectivity index (χ2n) is 10.5. The molecule has 42 heavy (non-hydrogen) atoms. The van der Waals surface area contributed by atoms with E-state index in [1.54, 1.807) is 11.8 Å². The predicted octanol–water partition coefficient (Wildman–Crippen LogP) is 10.2. The van der Waals surface area contributed by atoms with Crippen LogP contribution in [-0.2, 0) is 5.66 Å². The van der Waals surface area contributed by atoms with Gasteiger partial charge in [-0.15, -0.1) is 0 Å². The number of rotatable bonds is 0. The molecule has 0 unspecified atom stereocenters. The molecule has 5 heteroatoms. The molecule has 0 bridgehead atoms. The van der Waals surface area contributed by atoms with E-state index in [2.05, 4.69) is 131 Å². The van der Waals surface area contributed by atoms with Crippen LogP contribution in [0.3, 0.4) is 0 Å². The summed E-state index contributed by atoms with van der Waals surface area (Å²) in [7, 11) is 0. The van der Waals surface area contributed by atoms with Gasteiger partial charge in [-0.25, -0.2) is 0 Å². The Morgan fingerprint density at radius 2 is 0.738 bits per heavy atom. The van der Waals surface area contributed by atoms with Crippen LogP contribution < -0.4 is 19.3 Å². The van der Waals surface area contributed by atoms with Gasteiger partial charge in [-0.05, 0) is 60.7 Å². The van der Waals surface area contributed by atoms with Gasteiger partial charge in [0.2, 0.25) is 0 Å². The molecule has 3 heterocycles. The molecule has 0 amide bonds. The summed E-state index contributed by atoms with van der Waals surface area (Å²) in [5.41, 5.74) is 5.21. The Hall–Kier alpha value is -5.13. The number of nitrogens with zero attached hydrogens (tertiary/aromatic N) is 2. The number of fused-ring (bicyclic) bond motifs is 10. The molecule has 0 N–H and O–H groups in total. The Morgan fingerprint density at radius 1 is 0.381 bits per heavy atom. The molecule has 0 aromatic heterocycles. The smallest absolute Gasteiger partial charge is 0.182 e. The van der Waals surface area contributed by atoms with E-state index < -0.39 is 5.66 Å². The third kappa shape index (κ3) is 3.14. The van der Waals surface area contributed by atoms with E-state index in [9.17, 15) is 0 Å². The molecule has 0 atom stereocenters. The van der Waals surface area contributed by atoms with Crippen LogP contribution in [-0.4, -0.2) is 0 Å². The van der Waals surface area contributed by atoms with Gasteiger partial charge in [0.25, 0.3) is 0 Å². The molecule has 0 saturated carbocycles. The second-order valence-corrected chi connectivity index (χ2v) is 11.6. The molecule has 3 aliphatic rings. The van der Waals surface area contributed by atoms with Crippen molar-refractivity contribution in [3.63, 3.8) is 0 Å². The van der Waals surface area contributed by atoms with Gasteiger partial charge in [0.15, 0.2) is 17.2 Å². The topological polar surface area (TPSA) is 24.9 Å². The van der Waals surface area contributed by atoms with Crippen LogP contribution in [0.15, 0.2) is 155 Å². The van der Waals surface area contributed by atoms with Gasteiger partial charge in [-0.1, -0.05) is 96.7 Å². The normalized spacial score (nSPS) is 15.0. The lowest BCUT2D eigenvalue weighted by molar-refractivity contribution is 0.461. The van der Waals surface area contributed by atoms with Gasteiger partial charge < -0.3 is 19.3 Å². The van der Waals surface area contributed by atoms with Crippen molar-refractivity contribution in [2.45, 2.75) is 15.5 Å². The molecule has 200 valence electrons. The molecule has 0 saturated heterocycles. The van der Waals surface area contributed by atoms with Crippen molar-refractivity contribution in [3.05, 3.63) is 157 Å². The van der Waals surface area contributed by atoms with Gasteiger partial charge in [0, 0.05) is 20.9 Å². The second kappa shape index (κ2) is 8.93. The molecular formula is C37H24N2O2S. The maximum atomic E-state index is 6.85. The summed E-state index contributed by atoms with van der Waals surface area (Å²) in [4.78, 5) is 7.26. The third-order valence-corrected chi connectivity index (χ3v) is 9.39. The maximum absolute atomic E-state index is 6.85. The van der Waals surface area contributed by atoms with E-state index in [1.165, 1.54) is 0 Å². The average molecular weight is 561 g/mol. The summed E-state index contributed by atoms with van der Waals surface area (Å²) in [6.45, 7) is 0. The van der Waals surface area contributed by atoms with Crippen molar-refractivity contribution < 1.29 is 9.47 Å². The molecule has 1 spiro atoms. The van der Waals surface area contributed by atoms with Crippen molar-refractivity contribution in [2.75, 3.05) is 9.80 Å². The standard InChI is InChI=1S/C37H24N2O2S/c1-7-19-31-25(13-1)37-26-14-2-8-20-32(26)41-34-22-10-4-16-28(34)39(37)30-18-6-12-24-36(30)42-35-23-11-5-17-29(35)38(37)27-15-3-9-21-33(27)40-31/h1-24H. The Labute approximate surface area is 248 Å². The minimum Gasteiger partial charge on any atom is -0.455 e. The third-order valence-electron chi connectivity index (χ3n) is 8.26. The Kier molecular flexibility index (Phi) is 5.01. The summed E-state index contributed by atoms with van der Waals surface area (Å²) in [5, 5.41) is 0. The first-order chi connectivity index (χ1) is 20.8. The zero-order chi connectivity index (χ0) is 27.7. The fraction of sp³-hybridized carbons (Fsp3) is 0.0270.